The highest BCUT2D eigenvalue weighted by atomic mass is 32.1. The molecule has 0 aliphatic carbocycles. The lowest BCUT2D eigenvalue weighted by Crippen LogP contribution is -2.15. The zero-order chi connectivity index (χ0) is 12.1. The zero-order valence-corrected chi connectivity index (χ0v) is 10.8. The van der Waals surface area contributed by atoms with Gasteiger partial charge in [-0.2, -0.15) is 0 Å². The molecule has 0 aliphatic heterocycles. The Labute approximate surface area is 106 Å². The van der Waals surface area contributed by atoms with Crippen LogP contribution in [0, 0.1) is 5.92 Å². The molecule has 0 saturated heterocycles. The maximum atomic E-state index is 5.71. The van der Waals surface area contributed by atoms with Gasteiger partial charge in [-0.3, -0.25) is 4.98 Å². The first kappa shape index (κ1) is 12.2. The molecule has 0 aliphatic rings. The molecule has 2 aromatic heterocycles. The fraction of sp³-hybridized carbons (Fsp3) is 0.385. The molecule has 1 unspecified atom stereocenters. The molecule has 0 bridgehead atoms. The fourth-order valence-electron chi connectivity index (χ4n) is 1.68. The van der Waals surface area contributed by atoms with Crippen LogP contribution in [-0.2, 0) is 6.42 Å². The molecule has 3 nitrogen and oxygen atoms in total. The van der Waals surface area contributed by atoms with Gasteiger partial charge in [0, 0.05) is 18.0 Å². The third kappa shape index (κ3) is 3.11. The lowest BCUT2D eigenvalue weighted by atomic mass is 10.0. The van der Waals surface area contributed by atoms with E-state index in [4.69, 9.17) is 5.73 Å². The number of hydrogen-bond donors (Lipinski definition) is 1. The van der Waals surface area contributed by atoms with E-state index in [2.05, 4.69) is 22.3 Å². The minimum atomic E-state index is 0.540. The van der Waals surface area contributed by atoms with E-state index >= 15 is 0 Å². The van der Waals surface area contributed by atoms with Crippen molar-refractivity contribution in [3.8, 4) is 11.4 Å². The zero-order valence-electron chi connectivity index (χ0n) is 9.97. The molecule has 0 radical (unpaired) electrons. The van der Waals surface area contributed by atoms with E-state index in [1.807, 2.05) is 18.2 Å². The SMILES string of the molecule is CCC(CN)Cc1nc(-c2ccccn2)cs1. The third-order valence-electron chi connectivity index (χ3n) is 2.85. The number of nitrogens with two attached hydrogens (primary N) is 1. The summed E-state index contributed by atoms with van der Waals surface area (Å²) in [5.74, 6) is 0.540. The molecule has 0 saturated carbocycles. The normalized spacial score (nSPS) is 12.6. The molecular formula is C13H17N3S. The Morgan fingerprint density at radius 1 is 1.35 bits per heavy atom. The lowest BCUT2D eigenvalue weighted by molar-refractivity contribution is 0.518. The maximum Gasteiger partial charge on any atom is 0.0998 e. The number of pyridine rings is 1. The highest BCUT2D eigenvalue weighted by Gasteiger charge is 2.10. The molecule has 2 aromatic rings. The number of aromatic nitrogens is 2. The second-order valence-electron chi connectivity index (χ2n) is 4.06. The lowest BCUT2D eigenvalue weighted by Gasteiger charge is -2.08. The number of hydrogen-bond acceptors (Lipinski definition) is 4. The first-order valence-electron chi connectivity index (χ1n) is 5.89. The van der Waals surface area contributed by atoms with Crippen molar-refractivity contribution >= 4 is 11.3 Å². The van der Waals surface area contributed by atoms with Crippen LogP contribution in [0.5, 0.6) is 0 Å². The largest absolute Gasteiger partial charge is 0.330 e. The van der Waals surface area contributed by atoms with Gasteiger partial charge in [0.1, 0.15) is 0 Å². The van der Waals surface area contributed by atoms with Crippen LogP contribution in [0.15, 0.2) is 29.8 Å². The highest BCUT2D eigenvalue weighted by Crippen LogP contribution is 2.22. The molecule has 4 heteroatoms. The number of nitrogens with zero attached hydrogens (tertiary/aromatic N) is 2. The summed E-state index contributed by atoms with van der Waals surface area (Å²) >= 11 is 1.70. The molecule has 1 atom stereocenters. The minimum Gasteiger partial charge on any atom is -0.330 e. The molecule has 0 aromatic carbocycles. The van der Waals surface area contributed by atoms with Crippen molar-refractivity contribution < 1.29 is 0 Å². The van der Waals surface area contributed by atoms with Gasteiger partial charge in [0.05, 0.1) is 16.4 Å². The Morgan fingerprint density at radius 3 is 2.88 bits per heavy atom. The molecule has 2 rings (SSSR count). The Kier molecular flexibility index (Phi) is 4.23. The minimum absolute atomic E-state index is 0.540. The van der Waals surface area contributed by atoms with E-state index in [0.29, 0.717) is 5.92 Å². The summed E-state index contributed by atoms with van der Waals surface area (Å²) in [7, 11) is 0. The van der Waals surface area contributed by atoms with Gasteiger partial charge in [0.25, 0.3) is 0 Å². The van der Waals surface area contributed by atoms with Crippen LogP contribution in [0.3, 0.4) is 0 Å². The smallest absolute Gasteiger partial charge is 0.0998 e. The van der Waals surface area contributed by atoms with Crippen molar-refractivity contribution in [2.75, 3.05) is 6.54 Å². The molecule has 90 valence electrons. The summed E-state index contributed by atoms with van der Waals surface area (Å²) in [6.07, 6.45) is 3.88. The standard InChI is InChI=1S/C13H17N3S/c1-2-10(8-14)7-13-16-12(9-17-13)11-5-3-4-6-15-11/h3-6,9-10H,2,7-8,14H2,1H3. The van der Waals surface area contributed by atoms with Crippen molar-refractivity contribution in [1.82, 2.24) is 9.97 Å². The molecule has 2 N–H and O–H groups in total. The van der Waals surface area contributed by atoms with Crippen molar-refractivity contribution in [2.45, 2.75) is 19.8 Å². The van der Waals surface area contributed by atoms with Crippen molar-refractivity contribution in [3.63, 3.8) is 0 Å². The van der Waals surface area contributed by atoms with E-state index in [0.717, 1.165) is 35.8 Å². The van der Waals surface area contributed by atoms with Crippen LogP contribution in [0.1, 0.15) is 18.4 Å². The quantitative estimate of drug-likeness (QED) is 0.884. The molecule has 0 fully saturated rings. The Morgan fingerprint density at radius 2 is 2.24 bits per heavy atom. The number of thiazole rings is 1. The molecule has 0 spiro atoms. The monoisotopic (exact) mass is 247 g/mol. The average Bonchev–Trinajstić information content (AvgIpc) is 2.85. The summed E-state index contributed by atoms with van der Waals surface area (Å²) < 4.78 is 0. The molecule has 2 heterocycles. The summed E-state index contributed by atoms with van der Waals surface area (Å²) in [4.78, 5) is 8.92. The van der Waals surface area contributed by atoms with Crippen molar-refractivity contribution in [1.29, 1.82) is 0 Å². The average molecular weight is 247 g/mol. The molecular weight excluding hydrogens is 230 g/mol. The predicted molar refractivity (Wildman–Crippen MR) is 71.9 cm³/mol. The number of rotatable bonds is 5. The summed E-state index contributed by atoms with van der Waals surface area (Å²) in [6.45, 7) is 2.90. The van der Waals surface area contributed by atoms with Gasteiger partial charge in [0.15, 0.2) is 0 Å². The molecule has 0 amide bonds. The van der Waals surface area contributed by atoms with E-state index in [-0.39, 0.29) is 0 Å². The van der Waals surface area contributed by atoms with Gasteiger partial charge >= 0.3 is 0 Å². The highest BCUT2D eigenvalue weighted by molar-refractivity contribution is 7.09. The topological polar surface area (TPSA) is 51.8 Å². The third-order valence-corrected chi connectivity index (χ3v) is 3.72. The van der Waals surface area contributed by atoms with E-state index in [1.165, 1.54) is 0 Å². The van der Waals surface area contributed by atoms with E-state index in [1.54, 1.807) is 17.5 Å². The first-order valence-corrected chi connectivity index (χ1v) is 6.77. The van der Waals surface area contributed by atoms with Crippen LogP contribution < -0.4 is 5.73 Å². The second kappa shape index (κ2) is 5.89. The Bertz CT molecular complexity index is 449. The van der Waals surface area contributed by atoms with Crippen LogP contribution in [-0.4, -0.2) is 16.5 Å². The Hall–Kier alpha value is -1.26. The van der Waals surface area contributed by atoms with Gasteiger partial charge in [0.2, 0.25) is 0 Å². The van der Waals surface area contributed by atoms with Gasteiger partial charge in [-0.1, -0.05) is 19.4 Å². The summed E-state index contributed by atoms with van der Waals surface area (Å²) in [6, 6.07) is 5.88. The van der Waals surface area contributed by atoms with Crippen LogP contribution >= 0.6 is 11.3 Å². The Balaban J connectivity index is 2.11. The first-order chi connectivity index (χ1) is 8.33. The van der Waals surface area contributed by atoms with Gasteiger partial charge in [-0.05, 0) is 24.6 Å². The van der Waals surface area contributed by atoms with Gasteiger partial charge in [-0.15, -0.1) is 11.3 Å². The van der Waals surface area contributed by atoms with Crippen molar-refractivity contribution in [3.05, 3.63) is 34.8 Å². The molecule has 17 heavy (non-hydrogen) atoms. The van der Waals surface area contributed by atoms with E-state index < -0.39 is 0 Å². The predicted octanol–water partition coefficient (Wildman–Crippen LogP) is 2.73. The van der Waals surface area contributed by atoms with Crippen LogP contribution in [0.4, 0.5) is 0 Å². The van der Waals surface area contributed by atoms with Crippen LogP contribution in [0.2, 0.25) is 0 Å². The van der Waals surface area contributed by atoms with E-state index in [9.17, 15) is 0 Å². The van der Waals surface area contributed by atoms with Crippen molar-refractivity contribution in [2.24, 2.45) is 11.7 Å². The maximum absolute atomic E-state index is 5.71. The van der Waals surface area contributed by atoms with Gasteiger partial charge in [-0.25, -0.2) is 4.98 Å². The van der Waals surface area contributed by atoms with Gasteiger partial charge < -0.3 is 5.73 Å². The summed E-state index contributed by atoms with van der Waals surface area (Å²) in [5, 5.41) is 3.23. The second-order valence-corrected chi connectivity index (χ2v) is 5.00. The fourth-order valence-corrected chi connectivity index (χ4v) is 2.58. The van der Waals surface area contributed by atoms with Crippen LogP contribution in [0.25, 0.3) is 11.4 Å². The summed E-state index contributed by atoms with van der Waals surface area (Å²) in [5.41, 5.74) is 7.62.